The van der Waals surface area contributed by atoms with Crippen molar-refractivity contribution in [3.8, 4) is 17.2 Å². The zero-order valence-corrected chi connectivity index (χ0v) is 13.4. The summed E-state index contributed by atoms with van der Waals surface area (Å²) in [5.41, 5.74) is 0.864. The summed E-state index contributed by atoms with van der Waals surface area (Å²) >= 11 is 1.18. The zero-order valence-electron chi connectivity index (χ0n) is 12.6. The summed E-state index contributed by atoms with van der Waals surface area (Å²) in [5.74, 6) is 0.704. The van der Waals surface area contributed by atoms with E-state index in [4.69, 9.17) is 9.47 Å². The third kappa shape index (κ3) is 1.88. The summed E-state index contributed by atoms with van der Waals surface area (Å²) < 4.78 is 11.3. The number of hydrogen-bond acceptors (Lipinski definition) is 6. The fourth-order valence-electron chi connectivity index (χ4n) is 3.44. The quantitative estimate of drug-likeness (QED) is 0.852. The Morgan fingerprint density at radius 3 is 2.91 bits per heavy atom. The fourth-order valence-corrected chi connectivity index (χ4v) is 4.63. The van der Waals surface area contributed by atoms with Crippen LogP contribution in [0.3, 0.4) is 0 Å². The van der Waals surface area contributed by atoms with Gasteiger partial charge in [0.25, 0.3) is 0 Å². The van der Waals surface area contributed by atoms with Crippen molar-refractivity contribution in [2.45, 2.75) is 24.7 Å². The molecule has 1 N–H and O–H groups in total. The molecule has 0 unspecified atom stereocenters. The van der Waals surface area contributed by atoms with Crippen LogP contribution in [-0.4, -0.2) is 29.2 Å². The molecule has 2 heterocycles. The summed E-state index contributed by atoms with van der Waals surface area (Å²) in [6.07, 6.45) is 0.0323. The van der Waals surface area contributed by atoms with Crippen LogP contribution >= 0.6 is 11.8 Å². The molecule has 0 aliphatic carbocycles. The van der Waals surface area contributed by atoms with Crippen LogP contribution in [0.1, 0.15) is 34.5 Å². The molecule has 0 bridgehead atoms. The second-order valence-electron chi connectivity index (χ2n) is 5.68. The fraction of sp³-hybridized carbons (Fsp3) is 0.294. The number of methoxy groups -OCH3 is 1. The Labute approximate surface area is 136 Å². The molecule has 2 atom stereocenters. The molecular formula is C17H14O5S. The van der Waals surface area contributed by atoms with E-state index in [9.17, 15) is 14.7 Å². The van der Waals surface area contributed by atoms with Crippen LogP contribution in [0.5, 0.6) is 17.2 Å². The van der Waals surface area contributed by atoms with E-state index in [-0.39, 0.29) is 33.6 Å². The van der Waals surface area contributed by atoms with Gasteiger partial charge in [0.2, 0.25) is 0 Å². The molecule has 1 fully saturated rings. The first-order valence-corrected chi connectivity index (χ1v) is 8.13. The molecule has 0 amide bonds. The molecular weight excluding hydrogens is 316 g/mol. The standard InChI is InChI=1S/C17H14O5S/c1-7(18)12-14-16(22-10-6-11(19)23-17(10)14)8-4-3-5-9(21-2)13(8)15(12)20/h3-5,10,17,20H,6H2,1-2H3/t10-,17+/m1/s1. The number of carbonyl (C=O) groups excluding carboxylic acids is 2. The van der Waals surface area contributed by atoms with Crippen molar-refractivity contribution >= 4 is 33.4 Å². The summed E-state index contributed by atoms with van der Waals surface area (Å²) in [4.78, 5) is 23.9. The molecule has 1 saturated heterocycles. The predicted octanol–water partition coefficient (Wildman–Crippen LogP) is 3.22. The second kappa shape index (κ2) is 4.89. The maximum Gasteiger partial charge on any atom is 0.193 e. The van der Waals surface area contributed by atoms with E-state index in [1.807, 2.05) is 12.1 Å². The van der Waals surface area contributed by atoms with Gasteiger partial charge in [0.05, 0.1) is 29.7 Å². The Morgan fingerprint density at radius 1 is 1.43 bits per heavy atom. The lowest BCUT2D eigenvalue weighted by Crippen LogP contribution is -2.11. The number of ketones is 1. The third-order valence-electron chi connectivity index (χ3n) is 4.35. The van der Waals surface area contributed by atoms with Crippen molar-refractivity contribution in [3.05, 3.63) is 29.3 Å². The van der Waals surface area contributed by atoms with Gasteiger partial charge in [-0.3, -0.25) is 9.59 Å². The number of thioether (sulfide) groups is 1. The lowest BCUT2D eigenvalue weighted by atomic mass is 9.93. The number of phenols is 1. The van der Waals surface area contributed by atoms with Crippen molar-refractivity contribution in [2.24, 2.45) is 0 Å². The van der Waals surface area contributed by atoms with Gasteiger partial charge in [-0.15, -0.1) is 0 Å². The van der Waals surface area contributed by atoms with Gasteiger partial charge in [0, 0.05) is 10.9 Å². The number of carbonyl (C=O) groups is 2. The molecule has 0 spiro atoms. The van der Waals surface area contributed by atoms with Crippen molar-refractivity contribution < 1.29 is 24.2 Å². The molecule has 0 radical (unpaired) electrons. The van der Waals surface area contributed by atoms with Gasteiger partial charge in [-0.05, 0) is 13.0 Å². The summed E-state index contributed by atoms with van der Waals surface area (Å²) in [6.45, 7) is 1.41. The van der Waals surface area contributed by atoms with E-state index in [1.54, 1.807) is 6.07 Å². The largest absolute Gasteiger partial charge is 0.506 e. The first kappa shape index (κ1) is 14.4. The number of hydrogen-bond donors (Lipinski definition) is 1. The minimum absolute atomic E-state index is 0.0466. The van der Waals surface area contributed by atoms with E-state index in [1.165, 1.54) is 25.8 Å². The van der Waals surface area contributed by atoms with Crippen LogP contribution in [0.15, 0.2) is 18.2 Å². The predicted molar refractivity (Wildman–Crippen MR) is 86.5 cm³/mol. The summed E-state index contributed by atoms with van der Waals surface area (Å²) in [6, 6.07) is 5.37. The zero-order chi connectivity index (χ0) is 16.3. The number of rotatable bonds is 2. The minimum atomic E-state index is -0.281. The molecule has 23 heavy (non-hydrogen) atoms. The van der Waals surface area contributed by atoms with Crippen molar-refractivity contribution in [1.29, 1.82) is 0 Å². The molecule has 2 aliphatic heterocycles. The highest BCUT2D eigenvalue weighted by atomic mass is 32.2. The van der Waals surface area contributed by atoms with Crippen LogP contribution in [0.25, 0.3) is 10.8 Å². The molecule has 2 aliphatic rings. The maximum atomic E-state index is 12.2. The highest BCUT2D eigenvalue weighted by Gasteiger charge is 2.47. The molecule has 118 valence electrons. The van der Waals surface area contributed by atoms with Gasteiger partial charge in [-0.2, -0.15) is 0 Å². The van der Waals surface area contributed by atoms with Crippen LogP contribution in [0.4, 0.5) is 0 Å². The Balaban J connectivity index is 2.12. The summed E-state index contributed by atoms with van der Waals surface area (Å²) in [5, 5.41) is 11.7. The van der Waals surface area contributed by atoms with Crippen LogP contribution in [0, 0.1) is 0 Å². The number of fused-ring (bicyclic) bond motifs is 5. The molecule has 6 heteroatoms. The van der Waals surface area contributed by atoms with Gasteiger partial charge in [0.15, 0.2) is 10.9 Å². The monoisotopic (exact) mass is 330 g/mol. The van der Waals surface area contributed by atoms with E-state index < -0.39 is 0 Å². The van der Waals surface area contributed by atoms with Crippen molar-refractivity contribution in [2.75, 3.05) is 7.11 Å². The van der Waals surface area contributed by atoms with E-state index in [2.05, 4.69) is 0 Å². The number of benzene rings is 2. The number of ether oxygens (including phenoxy) is 2. The van der Waals surface area contributed by atoms with Crippen molar-refractivity contribution in [1.82, 2.24) is 0 Å². The van der Waals surface area contributed by atoms with Gasteiger partial charge in [0.1, 0.15) is 23.4 Å². The van der Waals surface area contributed by atoms with E-state index in [0.717, 1.165) is 0 Å². The van der Waals surface area contributed by atoms with Crippen molar-refractivity contribution in [3.63, 3.8) is 0 Å². The van der Waals surface area contributed by atoms with E-state index >= 15 is 0 Å². The number of phenolic OH excluding ortho intramolecular Hbond substituents is 1. The normalized spacial score (nSPS) is 21.9. The molecule has 0 saturated carbocycles. The molecule has 2 aromatic rings. The van der Waals surface area contributed by atoms with Gasteiger partial charge in [-0.1, -0.05) is 23.9 Å². The number of Topliss-reactive ketones (excluding diaryl/α,β-unsaturated/α-hetero) is 1. The lowest BCUT2D eigenvalue weighted by Gasteiger charge is -2.15. The van der Waals surface area contributed by atoms with Gasteiger partial charge >= 0.3 is 0 Å². The smallest absolute Gasteiger partial charge is 0.193 e. The second-order valence-corrected chi connectivity index (χ2v) is 6.88. The van der Waals surface area contributed by atoms with Crippen LogP contribution in [-0.2, 0) is 4.79 Å². The molecule has 5 nitrogen and oxygen atoms in total. The lowest BCUT2D eigenvalue weighted by molar-refractivity contribution is -0.111. The minimum Gasteiger partial charge on any atom is -0.506 e. The van der Waals surface area contributed by atoms with Crippen LogP contribution in [0.2, 0.25) is 0 Å². The maximum absolute atomic E-state index is 12.2. The SMILES string of the molecule is COc1cccc2c3c(c(C(C)=O)c(O)c12)[C@H]1SC(=O)C[C@H]1O3. The molecule has 0 aromatic heterocycles. The van der Waals surface area contributed by atoms with Gasteiger partial charge in [-0.25, -0.2) is 0 Å². The highest BCUT2D eigenvalue weighted by molar-refractivity contribution is 8.14. The Kier molecular flexibility index (Phi) is 3.06. The Bertz CT molecular complexity index is 873. The van der Waals surface area contributed by atoms with Crippen LogP contribution < -0.4 is 9.47 Å². The number of aromatic hydroxyl groups is 1. The average molecular weight is 330 g/mol. The van der Waals surface area contributed by atoms with Gasteiger partial charge < -0.3 is 14.6 Å². The molecule has 4 rings (SSSR count). The topological polar surface area (TPSA) is 72.8 Å². The first-order chi connectivity index (χ1) is 11.0. The third-order valence-corrected chi connectivity index (χ3v) is 5.57. The highest BCUT2D eigenvalue weighted by Crippen LogP contribution is 2.57. The Hall–Kier alpha value is -2.21. The van der Waals surface area contributed by atoms with E-state index in [0.29, 0.717) is 34.3 Å². The Morgan fingerprint density at radius 2 is 2.22 bits per heavy atom. The summed E-state index contributed by atoms with van der Waals surface area (Å²) in [7, 11) is 1.51. The average Bonchev–Trinajstić information content (AvgIpc) is 3.03. The molecule has 2 aromatic carbocycles. The first-order valence-electron chi connectivity index (χ1n) is 7.25.